The summed E-state index contributed by atoms with van der Waals surface area (Å²) in [6.07, 6.45) is 0. The Labute approximate surface area is 96.4 Å². The average Bonchev–Trinajstić information content (AvgIpc) is 2.76. The van der Waals surface area contributed by atoms with Crippen molar-refractivity contribution < 1.29 is 14.4 Å². The molecule has 0 saturated heterocycles. The molecule has 1 amide bonds. The zero-order valence-corrected chi connectivity index (χ0v) is 8.81. The van der Waals surface area contributed by atoms with Gasteiger partial charge in [0.2, 0.25) is 0 Å². The van der Waals surface area contributed by atoms with Crippen LogP contribution in [0.5, 0.6) is 0 Å². The van der Waals surface area contributed by atoms with Crippen LogP contribution in [0.2, 0.25) is 0 Å². The van der Waals surface area contributed by atoms with Gasteiger partial charge in [-0.15, -0.1) is 0 Å². The highest BCUT2D eigenvalue weighted by molar-refractivity contribution is 6.12. The number of fused-ring (bicyclic) bond motifs is 3. The molecule has 0 fully saturated rings. The third-order valence-corrected chi connectivity index (χ3v) is 2.75. The van der Waals surface area contributed by atoms with E-state index >= 15 is 0 Å². The van der Waals surface area contributed by atoms with Crippen molar-refractivity contribution in [1.29, 1.82) is 0 Å². The smallest absolute Gasteiger partial charge is 0.278 e. The lowest BCUT2D eigenvalue weighted by Gasteiger charge is -1.98. The van der Waals surface area contributed by atoms with Gasteiger partial charge in [0, 0.05) is 10.8 Å². The average molecular weight is 227 g/mol. The number of furan rings is 1. The van der Waals surface area contributed by atoms with E-state index in [1.165, 1.54) is 0 Å². The van der Waals surface area contributed by atoms with Crippen molar-refractivity contribution in [3.63, 3.8) is 0 Å². The highest BCUT2D eigenvalue weighted by Crippen LogP contribution is 2.30. The predicted molar refractivity (Wildman–Crippen MR) is 63.0 cm³/mol. The number of hydrogen-bond donors (Lipinski definition) is 2. The lowest BCUT2D eigenvalue weighted by Crippen LogP contribution is -2.18. The van der Waals surface area contributed by atoms with Crippen molar-refractivity contribution >= 4 is 27.8 Å². The molecule has 0 aliphatic carbocycles. The van der Waals surface area contributed by atoms with Gasteiger partial charge in [-0.25, -0.2) is 5.48 Å². The zero-order valence-electron chi connectivity index (χ0n) is 8.81. The Morgan fingerprint density at radius 1 is 1.06 bits per heavy atom. The molecule has 0 saturated carbocycles. The van der Waals surface area contributed by atoms with E-state index < -0.39 is 5.91 Å². The number of rotatable bonds is 1. The van der Waals surface area contributed by atoms with E-state index in [9.17, 15) is 4.79 Å². The molecule has 1 aromatic heterocycles. The quantitative estimate of drug-likeness (QED) is 0.496. The Kier molecular flexibility index (Phi) is 2.09. The molecule has 0 atom stereocenters. The highest BCUT2D eigenvalue weighted by Gasteiger charge is 2.14. The number of nitrogens with one attached hydrogen (secondary N) is 1. The molecular formula is C13H9NO3. The summed E-state index contributed by atoms with van der Waals surface area (Å²) in [4.78, 5) is 11.5. The van der Waals surface area contributed by atoms with Gasteiger partial charge >= 0.3 is 0 Å². The maximum absolute atomic E-state index is 11.5. The monoisotopic (exact) mass is 227 g/mol. The predicted octanol–water partition coefficient (Wildman–Crippen LogP) is 2.71. The molecule has 3 rings (SSSR count). The maximum Gasteiger partial charge on any atom is 0.278 e. The van der Waals surface area contributed by atoms with Crippen LogP contribution >= 0.6 is 0 Å². The molecule has 3 aromatic rings. The van der Waals surface area contributed by atoms with Crippen molar-refractivity contribution in [2.45, 2.75) is 0 Å². The fourth-order valence-electron chi connectivity index (χ4n) is 1.99. The molecule has 1 heterocycles. The molecule has 0 aliphatic heterocycles. The minimum absolute atomic E-state index is 0.321. The molecular weight excluding hydrogens is 218 g/mol. The van der Waals surface area contributed by atoms with Crippen molar-refractivity contribution in [1.82, 2.24) is 5.48 Å². The van der Waals surface area contributed by atoms with Gasteiger partial charge in [0.25, 0.3) is 5.91 Å². The summed E-state index contributed by atoms with van der Waals surface area (Å²) in [5, 5.41) is 10.5. The number of hydrogen-bond acceptors (Lipinski definition) is 3. The minimum atomic E-state index is -0.574. The largest absolute Gasteiger partial charge is 0.455 e. The van der Waals surface area contributed by atoms with Crippen LogP contribution in [0.25, 0.3) is 21.9 Å². The third kappa shape index (κ3) is 1.38. The van der Waals surface area contributed by atoms with Gasteiger partial charge in [-0.3, -0.25) is 10.0 Å². The van der Waals surface area contributed by atoms with E-state index in [-0.39, 0.29) is 0 Å². The van der Waals surface area contributed by atoms with Gasteiger partial charge in [-0.2, -0.15) is 0 Å². The fraction of sp³-hybridized carbons (Fsp3) is 0. The van der Waals surface area contributed by atoms with Gasteiger partial charge in [0.1, 0.15) is 11.2 Å². The second kappa shape index (κ2) is 3.61. The molecule has 0 bridgehead atoms. The molecule has 17 heavy (non-hydrogen) atoms. The van der Waals surface area contributed by atoms with Crippen LogP contribution in [0.15, 0.2) is 46.9 Å². The van der Waals surface area contributed by atoms with Gasteiger partial charge in [0.05, 0.1) is 5.56 Å². The summed E-state index contributed by atoms with van der Waals surface area (Å²) in [6.45, 7) is 0. The maximum atomic E-state index is 11.5. The van der Waals surface area contributed by atoms with Crippen molar-refractivity contribution in [3.05, 3.63) is 48.0 Å². The molecule has 0 spiro atoms. The second-order valence-electron chi connectivity index (χ2n) is 3.72. The molecule has 4 heteroatoms. The molecule has 0 unspecified atom stereocenters. The Morgan fingerprint density at radius 2 is 1.82 bits per heavy atom. The first kappa shape index (κ1) is 9.86. The summed E-state index contributed by atoms with van der Waals surface area (Å²) in [6, 6.07) is 12.8. The summed E-state index contributed by atoms with van der Waals surface area (Å²) in [7, 11) is 0. The Morgan fingerprint density at radius 3 is 2.65 bits per heavy atom. The highest BCUT2D eigenvalue weighted by atomic mass is 16.5. The minimum Gasteiger partial charge on any atom is -0.455 e. The normalized spacial score (nSPS) is 10.9. The molecule has 4 nitrogen and oxygen atoms in total. The lowest BCUT2D eigenvalue weighted by atomic mass is 10.1. The van der Waals surface area contributed by atoms with E-state index in [2.05, 4.69) is 0 Å². The SMILES string of the molecule is O=C(NO)c1cccc2c1oc1ccccc12. The summed E-state index contributed by atoms with van der Waals surface area (Å²) >= 11 is 0. The van der Waals surface area contributed by atoms with E-state index in [0.29, 0.717) is 11.1 Å². The fourth-order valence-corrected chi connectivity index (χ4v) is 1.99. The number of para-hydroxylation sites is 2. The number of carbonyl (C=O) groups excluding carboxylic acids is 1. The Hall–Kier alpha value is -2.33. The van der Waals surface area contributed by atoms with Gasteiger partial charge in [0.15, 0.2) is 0 Å². The third-order valence-electron chi connectivity index (χ3n) is 2.75. The van der Waals surface area contributed by atoms with Crippen LogP contribution in [0.3, 0.4) is 0 Å². The summed E-state index contributed by atoms with van der Waals surface area (Å²) in [5.74, 6) is -0.574. The molecule has 84 valence electrons. The summed E-state index contributed by atoms with van der Waals surface area (Å²) in [5.41, 5.74) is 3.15. The zero-order chi connectivity index (χ0) is 11.8. The van der Waals surface area contributed by atoms with Gasteiger partial charge in [-0.1, -0.05) is 30.3 Å². The molecule has 2 N–H and O–H groups in total. The van der Waals surface area contributed by atoms with Crippen LogP contribution in [-0.2, 0) is 0 Å². The molecule has 2 aromatic carbocycles. The van der Waals surface area contributed by atoms with Crippen molar-refractivity contribution in [3.8, 4) is 0 Å². The first-order valence-electron chi connectivity index (χ1n) is 5.16. The first-order valence-corrected chi connectivity index (χ1v) is 5.16. The van der Waals surface area contributed by atoms with Crippen LogP contribution < -0.4 is 5.48 Å². The van der Waals surface area contributed by atoms with E-state index in [4.69, 9.17) is 9.62 Å². The Bertz CT molecular complexity index is 715. The first-order chi connectivity index (χ1) is 8.31. The number of hydroxylamine groups is 1. The summed E-state index contributed by atoms with van der Waals surface area (Å²) < 4.78 is 5.63. The van der Waals surface area contributed by atoms with Crippen LogP contribution in [0, 0.1) is 0 Å². The van der Waals surface area contributed by atoms with Crippen LogP contribution in [0.4, 0.5) is 0 Å². The standard InChI is InChI=1S/C13H9NO3/c15-13(14-16)10-6-3-5-9-8-4-1-2-7-11(8)17-12(9)10/h1-7,16H,(H,14,15). The lowest BCUT2D eigenvalue weighted by molar-refractivity contribution is 0.0707. The number of benzene rings is 2. The van der Waals surface area contributed by atoms with Gasteiger partial charge in [-0.05, 0) is 12.1 Å². The van der Waals surface area contributed by atoms with Gasteiger partial charge < -0.3 is 4.42 Å². The number of amides is 1. The molecule has 0 radical (unpaired) electrons. The van der Waals surface area contributed by atoms with Crippen molar-refractivity contribution in [2.75, 3.05) is 0 Å². The van der Waals surface area contributed by atoms with Crippen LogP contribution in [-0.4, -0.2) is 11.1 Å². The Balaban J connectivity index is 2.43. The van der Waals surface area contributed by atoms with E-state index in [1.807, 2.05) is 30.3 Å². The van der Waals surface area contributed by atoms with E-state index in [0.717, 1.165) is 16.4 Å². The number of carbonyl (C=O) groups is 1. The van der Waals surface area contributed by atoms with Crippen LogP contribution in [0.1, 0.15) is 10.4 Å². The topological polar surface area (TPSA) is 62.5 Å². The molecule has 0 aliphatic rings. The van der Waals surface area contributed by atoms with Crippen molar-refractivity contribution in [2.24, 2.45) is 0 Å². The van der Waals surface area contributed by atoms with E-state index in [1.54, 1.807) is 17.6 Å². The second-order valence-corrected chi connectivity index (χ2v) is 3.72.